The van der Waals surface area contributed by atoms with E-state index in [1.807, 2.05) is 37.3 Å². The third-order valence-corrected chi connectivity index (χ3v) is 4.92. The monoisotopic (exact) mass is 381 g/mol. The molecule has 1 heterocycles. The fourth-order valence-electron chi connectivity index (χ4n) is 3.28. The molecule has 1 atom stereocenters. The van der Waals surface area contributed by atoms with Crippen molar-refractivity contribution in [2.75, 3.05) is 13.7 Å². The van der Waals surface area contributed by atoms with Gasteiger partial charge in [-0.05, 0) is 29.7 Å². The molecule has 0 aliphatic carbocycles. The second kappa shape index (κ2) is 8.12. The quantitative estimate of drug-likeness (QED) is 0.720. The van der Waals surface area contributed by atoms with Gasteiger partial charge in [-0.2, -0.15) is 0 Å². The van der Waals surface area contributed by atoms with Crippen molar-refractivity contribution in [3.05, 3.63) is 65.7 Å². The van der Waals surface area contributed by atoms with E-state index in [-0.39, 0.29) is 6.54 Å². The highest BCUT2D eigenvalue weighted by atomic mass is 16.5. The molecule has 2 aromatic rings. The molecule has 0 bridgehead atoms. The Morgan fingerprint density at radius 2 is 1.79 bits per heavy atom. The normalized spacial score (nSPS) is 18.7. The van der Waals surface area contributed by atoms with Gasteiger partial charge in [0.25, 0.3) is 5.91 Å². The summed E-state index contributed by atoms with van der Waals surface area (Å²) in [5.74, 6) is -0.0868. The number of methoxy groups -OCH3 is 1. The molecule has 28 heavy (non-hydrogen) atoms. The third-order valence-electron chi connectivity index (χ3n) is 4.92. The van der Waals surface area contributed by atoms with E-state index in [1.54, 1.807) is 31.4 Å². The van der Waals surface area contributed by atoms with Crippen molar-refractivity contribution in [1.29, 1.82) is 0 Å². The van der Waals surface area contributed by atoms with Gasteiger partial charge in [0.1, 0.15) is 17.8 Å². The first-order chi connectivity index (χ1) is 13.5. The van der Waals surface area contributed by atoms with Gasteiger partial charge in [0.2, 0.25) is 5.91 Å². The van der Waals surface area contributed by atoms with Gasteiger partial charge in [-0.25, -0.2) is 4.79 Å². The van der Waals surface area contributed by atoms with Crippen LogP contribution in [0.4, 0.5) is 4.79 Å². The maximum atomic E-state index is 13.0. The van der Waals surface area contributed by atoms with Crippen LogP contribution in [0.5, 0.6) is 5.75 Å². The first kappa shape index (κ1) is 19.4. The second-order valence-electron chi connectivity index (χ2n) is 6.57. The summed E-state index contributed by atoms with van der Waals surface area (Å²) in [5.41, 5.74) is 0.463. The summed E-state index contributed by atoms with van der Waals surface area (Å²) in [6.45, 7) is 1.80. The van der Waals surface area contributed by atoms with Crippen molar-refractivity contribution in [3.63, 3.8) is 0 Å². The fourth-order valence-corrected chi connectivity index (χ4v) is 3.28. The number of carbonyl (C=O) groups is 3. The number of rotatable bonds is 7. The number of ether oxygens (including phenoxy) is 1. The van der Waals surface area contributed by atoms with Gasteiger partial charge in [0.15, 0.2) is 0 Å². The number of nitrogens with one attached hydrogen (secondary N) is 2. The minimum atomic E-state index is -1.13. The van der Waals surface area contributed by atoms with Crippen molar-refractivity contribution in [2.24, 2.45) is 0 Å². The van der Waals surface area contributed by atoms with Gasteiger partial charge in [0.05, 0.1) is 7.11 Å². The molecule has 1 saturated heterocycles. The molecule has 0 saturated carbocycles. The first-order valence-electron chi connectivity index (χ1n) is 9.09. The minimum Gasteiger partial charge on any atom is -0.497 e. The summed E-state index contributed by atoms with van der Waals surface area (Å²) in [5, 5.41) is 5.50. The molecule has 7 nitrogen and oxygen atoms in total. The molecule has 0 radical (unpaired) electrons. The van der Waals surface area contributed by atoms with Gasteiger partial charge in [-0.3, -0.25) is 14.5 Å². The highest BCUT2D eigenvalue weighted by Gasteiger charge is 2.51. The molecular weight excluding hydrogens is 358 g/mol. The molecule has 0 spiro atoms. The van der Waals surface area contributed by atoms with E-state index in [9.17, 15) is 14.4 Å². The first-order valence-corrected chi connectivity index (χ1v) is 9.09. The zero-order valence-corrected chi connectivity index (χ0v) is 15.9. The predicted molar refractivity (Wildman–Crippen MR) is 103 cm³/mol. The smallest absolute Gasteiger partial charge is 0.325 e. The van der Waals surface area contributed by atoms with Crippen molar-refractivity contribution in [3.8, 4) is 5.75 Å². The van der Waals surface area contributed by atoms with E-state index < -0.39 is 23.4 Å². The van der Waals surface area contributed by atoms with Gasteiger partial charge >= 0.3 is 6.03 Å². The van der Waals surface area contributed by atoms with Crippen LogP contribution in [0, 0.1) is 0 Å². The van der Waals surface area contributed by atoms with Crippen molar-refractivity contribution in [1.82, 2.24) is 15.5 Å². The number of hydrogen-bond acceptors (Lipinski definition) is 4. The maximum absolute atomic E-state index is 13.0. The summed E-state index contributed by atoms with van der Waals surface area (Å²) in [4.78, 5) is 38.7. The van der Waals surface area contributed by atoms with Crippen LogP contribution < -0.4 is 15.4 Å². The highest BCUT2D eigenvalue weighted by molar-refractivity contribution is 6.09. The largest absolute Gasteiger partial charge is 0.497 e. The van der Waals surface area contributed by atoms with Crippen LogP contribution in [-0.4, -0.2) is 36.4 Å². The molecule has 1 fully saturated rings. The third kappa shape index (κ3) is 3.69. The van der Waals surface area contributed by atoms with Crippen LogP contribution in [0.2, 0.25) is 0 Å². The van der Waals surface area contributed by atoms with E-state index in [0.717, 1.165) is 16.2 Å². The molecule has 146 valence electrons. The van der Waals surface area contributed by atoms with Crippen LogP contribution in [0.15, 0.2) is 54.6 Å². The molecule has 4 amide bonds. The van der Waals surface area contributed by atoms with E-state index in [4.69, 9.17) is 4.74 Å². The molecule has 1 aliphatic rings. The number of benzene rings is 2. The lowest BCUT2D eigenvalue weighted by Crippen LogP contribution is -2.44. The molecule has 3 rings (SSSR count). The van der Waals surface area contributed by atoms with E-state index in [0.29, 0.717) is 18.5 Å². The van der Waals surface area contributed by atoms with Crippen LogP contribution in [-0.2, 0) is 21.7 Å². The van der Waals surface area contributed by atoms with Gasteiger partial charge in [-0.1, -0.05) is 49.4 Å². The van der Waals surface area contributed by atoms with Gasteiger partial charge < -0.3 is 15.4 Å². The predicted octanol–water partition coefficient (Wildman–Crippen LogP) is 2.17. The zero-order valence-electron chi connectivity index (χ0n) is 15.9. The van der Waals surface area contributed by atoms with Crippen molar-refractivity contribution < 1.29 is 19.1 Å². The van der Waals surface area contributed by atoms with E-state index in [2.05, 4.69) is 10.6 Å². The lowest BCUT2D eigenvalue weighted by molar-refractivity contribution is -0.135. The zero-order chi connectivity index (χ0) is 20.1. The topological polar surface area (TPSA) is 87.7 Å². The number of hydrogen-bond donors (Lipinski definition) is 2. The maximum Gasteiger partial charge on any atom is 0.325 e. The van der Waals surface area contributed by atoms with Crippen LogP contribution in [0.25, 0.3) is 0 Å². The van der Waals surface area contributed by atoms with Gasteiger partial charge in [-0.15, -0.1) is 0 Å². The summed E-state index contributed by atoms with van der Waals surface area (Å²) in [7, 11) is 1.58. The van der Waals surface area contributed by atoms with E-state index >= 15 is 0 Å². The lowest BCUT2D eigenvalue weighted by Gasteiger charge is -2.25. The molecule has 1 aliphatic heterocycles. The van der Waals surface area contributed by atoms with Gasteiger partial charge in [0, 0.05) is 6.54 Å². The Balaban J connectivity index is 1.65. The fraction of sp³-hybridized carbons (Fsp3) is 0.286. The minimum absolute atomic E-state index is 0.296. The Morgan fingerprint density at radius 1 is 1.11 bits per heavy atom. The number of urea groups is 1. The van der Waals surface area contributed by atoms with Crippen LogP contribution in [0.3, 0.4) is 0 Å². The molecule has 0 aromatic heterocycles. The molecular formula is C21H23N3O4. The van der Waals surface area contributed by atoms with Crippen LogP contribution in [0.1, 0.15) is 24.5 Å². The average molecular weight is 381 g/mol. The average Bonchev–Trinajstić information content (AvgIpc) is 2.98. The number of amides is 4. The molecule has 2 aromatic carbocycles. The SMILES string of the molecule is CC[C@]1(c2ccccc2)NC(=O)N(CC(=O)NCc2ccc(OC)cc2)C1=O. The standard InChI is InChI=1S/C21H23N3O4/c1-3-21(16-7-5-4-6-8-16)19(26)24(20(27)23-21)14-18(25)22-13-15-9-11-17(28-2)12-10-15/h4-12H,3,13-14H2,1-2H3,(H,22,25)(H,23,27)/t21-/m1/s1. The van der Waals surface area contributed by atoms with E-state index in [1.165, 1.54) is 0 Å². The highest BCUT2D eigenvalue weighted by Crippen LogP contribution is 2.32. The Bertz CT molecular complexity index is 867. The Hall–Kier alpha value is -3.35. The Kier molecular flexibility index (Phi) is 5.63. The molecule has 2 N–H and O–H groups in total. The lowest BCUT2D eigenvalue weighted by atomic mass is 9.87. The summed E-state index contributed by atoms with van der Waals surface area (Å²) < 4.78 is 5.10. The molecule has 0 unspecified atom stereocenters. The van der Waals surface area contributed by atoms with Crippen LogP contribution >= 0.6 is 0 Å². The Labute approximate surface area is 163 Å². The summed E-state index contributed by atoms with van der Waals surface area (Å²) >= 11 is 0. The Morgan fingerprint density at radius 3 is 2.39 bits per heavy atom. The number of imide groups is 1. The molecule has 7 heteroatoms. The summed E-state index contributed by atoms with van der Waals surface area (Å²) in [6.07, 6.45) is 0.394. The number of carbonyl (C=O) groups excluding carboxylic acids is 3. The van der Waals surface area contributed by atoms with Crippen molar-refractivity contribution >= 4 is 17.8 Å². The number of nitrogens with zero attached hydrogens (tertiary/aromatic N) is 1. The van der Waals surface area contributed by atoms with Crippen molar-refractivity contribution in [2.45, 2.75) is 25.4 Å². The second-order valence-corrected chi connectivity index (χ2v) is 6.57. The summed E-state index contributed by atoms with van der Waals surface area (Å²) in [6, 6.07) is 15.8.